The fourth-order valence-corrected chi connectivity index (χ4v) is 7.25. The second-order valence-corrected chi connectivity index (χ2v) is 11.1. The number of aliphatic hydroxyl groups is 1. The number of para-hydroxylation sites is 1. The Morgan fingerprint density at radius 3 is 2.47 bits per heavy atom. The molecule has 1 spiro atoms. The lowest BCUT2D eigenvalue weighted by molar-refractivity contribution is -0.150. The van der Waals surface area contributed by atoms with E-state index >= 15 is 0 Å². The predicted molar refractivity (Wildman–Crippen MR) is 145 cm³/mol. The van der Waals surface area contributed by atoms with E-state index in [4.69, 9.17) is 16.3 Å². The second-order valence-electron chi connectivity index (χ2n) is 10.7. The zero-order valence-electron chi connectivity index (χ0n) is 22.2. The average molecular weight is 542 g/mol. The maximum Gasteiger partial charge on any atom is 0.253 e. The minimum Gasteiger partial charge on any atom is -0.396 e. The highest BCUT2D eigenvalue weighted by molar-refractivity contribution is 6.34. The Labute approximate surface area is 228 Å². The molecule has 4 heterocycles. The van der Waals surface area contributed by atoms with Crippen LogP contribution in [0.5, 0.6) is 0 Å². The Balaban J connectivity index is 1.67. The number of fused-ring (bicyclic) bond motifs is 2. The molecule has 1 aromatic rings. The standard InChI is InChI=1S/C29H36ClN3O5/c1-4-14-31-15-7-12-28(5-2)21(25(31)35)22-26(36)33(17-9-18-34)24-27(37)32(16-8-13-29(22,24)38-28)23-19(3)10-6-11-20(23)30/h6-8,10-13,21-22,24,34H,4-5,9,14-18H2,1-3H3/t21-,22+,24?,28+,29+/m1/s1. The number of anilines is 1. The van der Waals surface area contributed by atoms with Crippen LogP contribution < -0.4 is 4.90 Å². The van der Waals surface area contributed by atoms with E-state index in [-0.39, 0.29) is 37.4 Å². The van der Waals surface area contributed by atoms with E-state index in [2.05, 4.69) is 0 Å². The summed E-state index contributed by atoms with van der Waals surface area (Å²) < 4.78 is 6.94. The van der Waals surface area contributed by atoms with Gasteiger partial charge in [0.05, 0.1) is 28.1 Å². The third-order valence-corrected chi connectivity index (χ3v) is 8.84. The molecule has 4 aliphatic rings. The van der Waals surface area contributed by atoms with E-state index in [1.54, 1.807) is 15.9 Å². The van der Waals surface area contributed by atoms with Crippen molar-refractivity contribution in [1.82, 2.24) is 9.80 Å². The maximum atomic E-state index is 14.5. The van der Waals surface area contributed by atoms with Crippen molar-refractivity contribution in [2.75, 3.05) is 37.7 Å². The number of rotatable bonds is 7. The van der Waals surface area contributed by atoms with Gasteiger partial charge < -0.3 is 24.5 Å². The van der Waals surface area contributed by atoms with Crippen molar-refractivity contribution < 1.29 is 24.2 Å². The van der Waals surface area contributed by atoms with Crippen molar-refractivity contribution in [2.45, 2.75) is 57.3 Å². The number of likely N-dealkylation sites (tertiary alicyclic amines) is 1. The summed E-state index contributed by atoms with van der Waals surface area (Å²) in [4.78, 5) is 47.7. The van der Waals surface area contributed by atoms with Gasteiger partial charge in [0.1, 0.15) is 11.6 Å². The minimum absolute atomic E-state index is 0.111. The largest absolute Gasteiger partial charge is 0.396 e. The lowest BCUT2D eigenvalue weighted by atomic mass is 9.73. The fourth-order valence-electron chi connectivity index (χ4n) is 6.93. The van der Waals surface area contributed by atoms with Gasteiger partial charge in [-0.05, 0) is 37.8 Å². The SMILES string of the molecule is CCCN1CC=C[C@]2(CC)O[C@]34C=CCN(c5c(C)cccc5Cl)C(=O)C3N(CCCO)C(=O)[C@@H]4[C@@H]2C1=O. The molecule has 2 saturated heterocycles. The van der Waals surface area contributed by atoms with E-state index in [1.165, 1.54) is 4.90 Å². The fraction of sp³-hybridized carbons (Fsp3) is 0.552. The number of benzene rings is 1. The number of aryl methyl sites for hydroxylation is 1. The van der Waals surface area contributed by atoms with Crippen LogP contribution in [0.1, 0.15) is 38.7 Å². The molecule has 8 nitrogen and oxygen atoms in total. The van der Waals surface area contributed by atoms with Crippen molar-refractivity contribution in [3.8, 4) is 0 Å². The molecule has 9 heteroatoms. The quantitative estimate of drug-likeness (QED) is 0.536. The molecule has 0 aromatic heterocycles. The number of hydrogen-bond donors (Lipinski definition) is 1. The van der Waals surface area contributed by atoms with Gasteiger partial charge in [-0.1, -0.05) is 61.9 Å². The van der Waals surface area contributed by atoms with Crippen LogP contribution in [0.25, 0.3) is 0 Å². The van der Waals surface area contributed by atoms with Crippen LogP contribution >= 0.6 is 11.6 Å². The van der Waals surface area contributed by atoms with Gasteiger partial charge in [-0.25, -0.2) is 0 Å². The Bertz CT molecular complexity index is 1180. The monoisotopic (exact) mass is 541 g/mol. The molecule has 0 saturated carbocycles. The number of nitrogens with zero attached hydrogens (tertiary/aromatic N) is 3. The molecule has 1 aromatic carbocycles. The number of carbonyl (C=O) groups is 3. The normalized spacial score (nSPS) is 32.4. The van der Waals surface area contributed by atoms with Gasteiger partial charge in [0, 0.05) is 32.8 Å². The van der Waals surface area contributed by atoms with Crippen LogP contribution in [0.2, 0.25) is 5.02 Å². The first-order valence-corrected chi connectivity index (χ1v) is 14.0. The molecular weight excluding hydrogens is 506 g/mol. The van der Waals surface area contributed by atoms with Crippen LogP contribution in [0.4, 0.5) is 5.69 Å². The van der Waals surface area contributed by atoms with E-state index in [0.29, 0.717) is 36.6 Å². The smallest absolute Gasteiger partial charge is 0.253 e. The first-order valence-electron chi connectivity index (χ1n) is 13.6. The van der Waals surface area contributed by atoms with Gasteiger partial charge in [-0.2, -0.15) is 0 Å². The van der Waals surface area contributed by atoms with Crippen molar-refractivity contribution >= 4 is 35.0 Å². The molecule has 0 aliphatic carbocycles. The highest BCUT2D eigenvalue weighted by Crippen LogP contribution is 2.58. The molecule has 5 atom stereocenters. The number of ether oxygens (including phenoxy) is 1. The summed E-state index contributed by atoms with van der Waals surface area (Å²) in [6.45, 7) is 7.25. The van der Waals surface area contributed by atoms with Gasteiger partial charge in [0.15, 0.2) is 0 Å². The number of halogens is 1. The minimum atomic E-state index is -1.32. The van der Waals surface area contributed by atoms with Crippen LogP contribution in [-0.2, 0) is 19.1 Å². The van der Waals surface area contributed by atoms with E-state index < -0.39 is 29.1 Å². The van der Waals surface area contributed by atoms with E-state index in [0.717, 1.165) is 12.0 Å². The van der Waals surface area contributed by atoms with Crippen molar-refractivity contribution in [3.63, 3.8) is 0 Å². The zero-order valence-corrected chi connectivity index (χ0v) is 23.0. The number of hydrogen-bond acceptors (Lipinski definition) is 5. The summed E-state index contributed by atoms with van der Waals surface area (Å²) >= 11 is 6.59. The molecule has 3 amide bonds. The van der Waals surface area contributed by atoms with E-state index in [1.807, 2.05) is 57.2 Å². The van der Waals surface area contributed by atoms with E-state index in [9.17, 15) is 19.5 Å². The molecule has 5 rings (SSSR count). The molecular formula is C29H36ClN3O5. The summed E-state index contributed by atoms with van der Waals surface area (Å²) in [6.07, 6.45) is 9.21. The zero-order chi connectivity index (χ0) is 27.2. The van der Waals surface area contributed by atoms with Crippen LogP contribution in [0.3, 0.4) is 0 Å². The molecule has 0 bridgehead atoms. The Morgan fingerprint density at radius 1 is 1.03 bits per heavy atom. The number of aliphatic hydroxyl groups excluding tert-OH is 1. The molecule has 1 unspecified atom stereocenters. The van der Waals surface area contributed by atoms with Crippen molar-refractivity contribution in [2.24, 2.45) is 11.8 Å². The third kappa shape index (κ3) is 3.83. The van der Waals surface area contributed by atoms with Gasteiger partial charge in [0.25, 0.3) is 5.91 Å². The average Bonchev–Trinajstić information content (AvgIpc) is 3.18. The summed E-state index contributed by atoms with van der Waals surface area (Å²) in [5.41, 5.74) is -0.875. The lowest BCUT2D eigenvalue weighted by Gasteiger charge is -2.38. The number of amides is 3. The van der Waals surface area contributed by atoms with Gasteiger partial charge in [-0.15, -0.1) is 0 Å². The topological polar surface area (TPSA) is 90.4 Å². The van der Waals surface area contributed by atoms with Gasteiger partial charge >= 0.3 is 0 Å². The first-order chi connectivity index (χ1) is 18.3. The maximum absolute atomic E-state index is 14.5. The van der Waals surface area contributed by atoms with Gasteiger partial charge in [0.2, 0.25) is 11.8 Å². The number of carbonyl (C=O) groups excluding carboxylic acids is 3. The molecule has 38 heavy (non-hydrogen) atoms. The van der Waals surface area contributed by atoms with Crippen LogP contribution in [0, 0.1) is 18.8 Å². The molecule has 204 valence electrons. The van der Waals surface area contributed by atoms with Gasteiger partial charge in [-0.3, -0.25) is 14.4 Å². The first kappa shape index (κ1) is 26.9. The summed E-state index contributed by atoms with van der Waals surface area (Å²) in [5, 5.41) is 10.1. The lowest BCUT2D eigenvalue weighted by Crippen LogP contribution is -2.56. The third-order valence-electron chi connectivity index (χ3n) is 8.53. The highest BCUT2D eigenvalue weighted by atomic mass is 35.5. The molecule has 4 aliphatic heterocycles. The van der Waals surface area contributed by atoms with Crippen LogP contribution in [-0.4, -0.2) is 82.7 Å². The summed E-state index contributed by atoms with van der Waals surface area (Å²) in [5.74, 6) is -2.30. The van der Waals surface area contributed by atoms with Crippen LogP contribution in [0.15, 0.2) is 42.5 Å². The second kappa shape index (κ2) is 10.1. The molecule has 1 N–H and O–H groups in total. The Morgan fingerprint density at radius 2 is 1.79 bits per heavy atom. The summed E-state index contributed by atoms with van der Waals surface area (Å²) in [7, 11) is 0. The molecule has 2 fully saturated rings. The van der Waals surface area contributed by atoms with Crippen molar-refractivity contribution in [3.05, 3.63) is 53.1 Å². The predicted octanol–water partition coefficient (Wildman–Crippen LogP) is 3.10. The van der Waals surface area contributed by atoms with Crippen molar-refractivity contribution in [1.29, 1.82) is 0 Å². The highest BCUT2D eigenvalue weighted by Gasteiger charge is 2.75. The molecule has 0 radical (unpaired) electrons. The summed E-state index contributed by atoms with van der Waals surface area (Å²) in [6, 6.07) is 4.49. The Kier molecular flexibility index (Phi) is 7.18. The Hall–Kier alpha value is -2.68.